The molecule has 1 aromatic heterocycles. The highest BCUT2D eigenvalue weighted by Crippen LogP contribution is 2.23. The molecule has 0 aromatic carbocycles. The third-order valence-corrected chi connectivity index (χ3v) is 3.49. The first-order chi connectivity index (χ1) is 5.79. The van der Waals surface area contributed by atoms with E-state index in [1.807, 2.05) is 11.4 Å². The molecule has 0 unspecified atom stereocenters. The third kappa shape index (κ3) is 3.78. The monoisotopic (exact) mass is 202 g/mol. The van der Waals surface area contributed by atoms with E-state index in [9.17, 15) is 4.79 Å². The van der Waals surface area contributed by atoms with Gasteiger partial charge in [0, 0.05) is 6.42 Å². The summed E-state index contributed by atoms with van der Waals surface area (Å²) in [6, 6.07) is 4.06. The minimum Gasteiger partial charge on any atom is -0.481 e. The first-order valence-electron chi connectivity index (χ1n) is 3.67. The van der Waals surface area contributed by atoms with Gasteiger partial charge in [-0.3, -0.25) is 4.79 Å². The predicted molar refractivity (Wildman–Crippen MR) is 51.9 cm³/mol. The van der Waals surface area contributed by atoms with Crippen molar-refractivity contribution in [3.05, 3.63) is 17.5 Å². The van der Waals surface area contributed by atoms with Gasteiger partial charge in [0.15, 0.2) is 0 Å². The topological polar surface area (TPSA) is 37.3 Å². The molecular weight excluding hydrogens is 192 g/mol. The number of hydrogen-bond donors (Lipinski definition) is 1. The number of rotatable bonds is 5. The molecule has 66 valence electrons. The molecule has 0 fully saturated rings. The molecule has 0 bridgehead atoms. The van der Waals surface area contributed by atoms with Crippen molar-refractivity contribution in [2.75, 3.05) is 5.75 Å². The van der Waals surface area contributed by atoms with Crippen molar-refractivity contribution in [3.8, 4) is 0 Å². The summed E-state index contributed by atoms with van der Waals surface area (Å²) >= 11 is 3.42. The van der Waals surface area contributed by atoms with Crippen molar-refractivity contribution in [3.63, 3.8) is 0 Å². The summed E-state index contributed by atoms with van der Waals surface area (Å²) in [5.41, 5.74) is 0. The minimum absolute atomic E-state index is 0.276. The number of carboxylic acid groups (broad SMARTS) is 1. The lowest BCUT2D eigenvalue weighted by Crippen LogP contribution is -1.94. The van der Waals surface area contributed by atoms with Gasteiger partial charge in [-0.2, -0.15) is 0 Å². The maximum Gasteiger partial charge on any atom is 0.303 e. The van der Waals surface area contributed by atoms with E-state index in [0.717, 1.165) is 12.2 Å². The van der Waals surface area contributed by atoms with Gasteiger partial charge in [0.1, 0.15) is 0 Å². The Morgan fingerprint density at radius 2 is 2.50 bits per heavy atom. The molecule has 1 N–H and O–H groups in total. The van der Waals surface area contributed by atoms with Gasteiger partial charge >= 0.3 is 5.97 Å². The van der Waals surface area contributed by atoms with Crippen LogP contribution < -0.4 is 0 Å². The number of thioether (sulfide) groups is 1. The van der Waals surface area contributed by atoms with Crippen LogP contribution in [0.2, 0.25) is 0 Å². The molecule has 1 aromatic rings. The predicted octanol–water partition coefficient (Wildman–Crippen LogP) is 2.71. The summed E-state index contributed by atoms with van der Waals surface area (Å²) in [5.74, 6) is 0.189. The van der Waals surface area contributed by atoms with Gasteiger partial charge in [0.2, 0.25) is 0 Å². The Labute approximate surface area is 79.6 Å². The number of aliphatic carboxylic acids is 1. The molecule has 0 aliphatic rings. The first-order valence-corrected chi connectivity index (χ1v) is 5.53. The zero-order valence-electron chi connectivity index (χ0n) is 6.53. The second-order valence-electron chi connectivity index (χ2n) is 2.28. The minimum atomic E-state index is -0.707. The number of hydrogen-bond acceptors (Lipinski definition) is 3. The molecule has 0 aliphatic heterocycles. The molecule has 0 spiro atoms. The molecule has 0 amide bonds. The quantitative estimate of drug-likeness (QED) is 0.589. The van der Waals surface area contributed by atoms with Crippen molar-refractivity contribution in [2.24, 2.45) is 0 Å². The lowest BCUT2D eigenvalue weighted by Gasteiger charge is -1.94. The highest BCUT2D eigenvalue weighted by molar-refractivity contribution is 8.01. The van der Waals surface area contributed by atoms with Crippen LogP contribution in [0.25, 0.3) is 0 Å². The molecule has 1 rings (SSSR count). The zero-order valence-corrected chi connectivity index (χ0v) is 8.16. The summed E-state index contributed by atoms with van der Waals surface area (Å²) in [6.45, 7) is 0. The van der Waals surface area contributed by atoms with Gasteiger partial charge in [0.25, 0.3) is 0 Å². The molecule has 0 saturated carbocycles. The van der Waals surface area contributed by atoms with Crippen molar-refractivity contribution in [1.29, 1.82) is 0 Å². The second-order valence-corrected chi connectivity index (χ2v) is 4.62. The van der Waals surface area contributed by atoms with Crippen molar-refractivity contribution < 1.29 is 9.90 Å². The number of thiophene rings is 1. The van der Waals surface area contributed by atoms with Gasteiger partial charge in [-0.25, -0.2) is 0 Å². The fourth-order valence-corrected chi connectivity index (χ4v) is 2.54. The van der Waals surface area contributed by atoms with E-state index in [2.05, 4.69) is 6.07 Å². The van der Waals surface area contributed by atoms with Crippen LogP contribution in [0, 0.1) is 0 Å². The average Bonchev–Trinajstić information content (AvgIpc) is 2.49. The smallest absolute Gasteiger partial charge is 0.303 e. The van der Waals surface area contributed by atoms with E-state index in [1.165, 1.54) is 4.21 Å². The maximum absolute atomic E-state index is 10.2. The third-order valence-electron chi connectivity index (χ3n) is 1.27. The van der Waals surface area contributed by atoms with Gasteiger partial charge in [0.05, 0.1) is 4.21 Å². The van der Waals surface area contributed by atoms with E-state index in [1.54, 1.807) is 23.1 Å². The van der Waals surface area contributed by atoms with Crippen LogP contribution in [0.1, 0.15) is 12.8 Å². The molecule has 0 atom stereocenters. The van der Waals surface area contributed by atoms with E-state index < -0.39 is 5.97 Å². The highest BCUT2D eigenvalue weighted by atomic mass is 32.2. The Morgan fingerprint density at radius 1 is 1.67 bits per heavy atom. The fourth-order valence-electron chi connectivity index (χ4n) is 0.742. The molecule has 4 heteroatoms. The molecule has 1 heterocycles. The summed E-state index contributed by atoms with van der Waals surface area (Å²) in [6.07, 6.45) is 1.02. The van der Waals surface area contributed by atoms with Gasteiger partial charge < -0.3 is 5.11 Å². The molecule has 0 radical (unpaired) electrons. The first kappa shape index (κ1) is 9.61. The van der Waals surface area contributed by atoms with Crippen LogP contribution in [-0.2, 0) is 4.79 Å². The van der Waals surface area contributed by atoms with Crippen LogP contribution in [-0.4, -0.2) is 16.8 Å². The van der Waals surface area contributed by atoms with Crippen LogP contribution in [0.4, 0.5) is 0 Å². The molecular formula is C8H10O2S2. The van der Waals surface area contributed by atoms with Gasteiger partial charge in [-0.05, 0) is 23.6 Å². The lowest BCUT2D eigenvalue weighted by molar-refractivity contribution is -0.137. The maximum atomic E-state index is 10.2. The number of carbonyl (C=O) groups is 1. The second kappa shape index (κ2) is 5.22. The van der Waals surface area contributed by atoms with Crippen LogP contribution >= 0.6 is 23.1 Å². The highest BCUT2D eigenvalue weighted by Gasteiger charge is 1.97. The Bertz CT molecular complexity index is 231. The Kier molecular flexibility index (Phi) is 4.18. The number of carboxylic acids is 1. The summed E-state index contributed by atoms with van der Waals surface area (Å²) in [4.78, 5) is 10.2. The van der Waals surface area contributed by atoms with Crippen LogP contribution in [0.3, 0.4) is 0 Å². The summed E-state index contributed by atoms with van der Waals surface area (Å²) in [7, 11) is 0. The fraction of sp³-hybridized carbons (Fsp3) is 0.375. The van der Waals surface area contributed by atoms with Crippen molar-refractivity contribution in [1.82, 2.24) is 0 Å². The SMILES string of the molecule is O=C(O)CCCSc1cccs1. The molecule has 2 nitrogen and oxygen atoms in total. The van der Waals surface area contributed by atoms with E-state index in [-0.39, 0.29) is 6.42 Å². The summed E-state index contributed by atoms with van der Waals surface area (Å²) in [5, 5.41) is 10.4. The van der Waals surface area contributed by atoms with Gasteiger partial charge in [-0.1, -0.05) is 6.07 Å². The largest absolute Gasteiger partial charge is 0.481 e. The van der Waals surface area contributed by atoms with E-state index >= 15 is 0 Å². The Hall–Kier alpha value is -0.480. The van der Waals surface area contributed by atoms with Gasteiger partial charge in [-0.15, -0.1) is 23.1 Å². The molecule has 0 aliphatic carbocycles. The van der Waals surface area contributed by atoms with Crippen molar-refractivity contribution >= 4 is 29.1 Å². The lowest BCUT2D eigenvalue weighted by atomic mass is 10.3. The molecule has 12 heavy (non-hydrogen) atoms. The van der Waals surface area contributed by atoms with E-state index in [4.69, 9.17) is 5.11 Å². The summed E-state index contributed by atoms with van der Waals surface area (Å²) < 4.78 is 1.26. The van der Waals surface area contributed by atoms with Crippen LogP contribution in [0.5, 0.6) is 0 Å². The molecule has 0 saturated heterocycles. The average molecular weight is 202 g/mol. The van der Waals surface area contributed by atoms with Crippen molar-refractivity contribution in [2.45, 2.75) is 17.1 Å². The zero-order chi connectivity index (χ0) is 8.81. The van der Waals surface area contributed by atoms with E-state index in [0.29, 0.717) is 0 Å². The Balaban J connectivity index is 2.07. The van der Waals surface area contributed by atoms with Crippen LogP contribution in [0.15, 0.2) is 21.7 Å². The standard InChI is InChI=1S/C8H10O2S2/c9-7(10)3-1-5-11-8-4-2-6-12-8/h2,4,6H,1,3,5H2,(H,9,10). The normalized spacial score (nSPS) is 10.0. The Morgan fingerprint density at radius 3 is 3.08 bits per heavy atom.